The lowest BCUT2D eigenvalue weighted by molar-refractivity contribution is -0.124. The Kier molecular flexibility index (Phi) is 4.89. The van der Waals surface area contributed by atoms with Crippen molar-refractivity contribution in [3.63, 3.8) is 0 Å². The second-order valence-corrected chi connectivity index (χ2v) is 6.37. The standard InChI is InChI=1S/C10H10Br2FNO2/c11-10(12,13)9(16)14-8(6-15)7-4-2-1-3-5-7/h1-5,8,15H,6H2,(H,14,16). The lowest BCUT2D eigenvalue weighted by atomic mass is 10.1. The van der Waals surface area contributed by atoms with Crippen molar-refractivity contribution < 1.29 is 14.3 Å². The molecule has 0 heterocycles. The average molecular weight is 355 g/mol. The highest BCUT2D eigenvalue weighted by atomic mass is 79.9. The molecule has 0 saturated heterocycles. The van der Waals surface area contributed by atoms with Gasteiger partial charge in [0.2, 0.25) is 0 Å². The number of benzene rings is 1. The first-order valence-corrected chi connectivity index (χ1v) is 6.07. The summed E-state index contributed by atoms with van der Waals surface area (Å²) < 4.78 is 10.8. The maximum Gasteiger partial charge on any atom is 0.295 e. The van der Waals surface area contributed by atoms with Crippen LogP contribution >= 0.6 is 31.9 Å². The van der Waals surface area contributed by atoms with E-state index in [2.05, 4.69) is 37.2 Å². The Bertz CT molecular complexity index is 354. The molecule has 0 aliphatic carbocycles. The largest absolute Gasteiger partial charge is 0.394 e. The molecule has 16 heavy (non-hydrogen) atoms. The van der Waals surface area contributed by atoms with E-state index in [4.69, 9.17) is 5.11 Å². The molecule has 1 aromatic rings. The number of aliphatic hydroxyl groups excluding tert-OH is 1. The number of alkyl halides is 3. The van der Waals surface area contributed by atoms with E-state index in [-0.39, 0.29) is 6.61 Å². The first kappa shape index (κ1) is 13.6. The van der Waals surface area contributed by atoms with Crippen molar-refractivity contribution in [2.75, 3.05) is 6.61 Å². The van der Waals surface area contributed by atoms with Crippen LogP contribution in [0.25, 0.3) is 0 Å². The Labute approximate surface area is 109 Å². The van der Waals surface area contributed by atoms with Crippen molar-refractivity contribution >= 4 is 37.8 Å². The zero-order chi connectivity index (χ0) is 12.2. The molecule has 1 amide bonds. The normalized spacial score (nSPS) is 13.2. The topological polar surface area (TPSA) is 49.3 Å². The maximum atomic E-state index is 13.1. The molecule has 0 fully saturated rings. The van der Waals surface area contributed by atoms with E-state index in [1.807, 2.05) is 6.07 Å². The number of hydrogen-bond acceptors (Lipinski definition) is 2. The van der Waals surface area contributed by atoms with Gasteiger partial charge in [-0.05, 0) is 37.4 Å². The highest BCUT2D eigenvalue weighted by molar-refractivity contribution is 9.25. The summed E-state index contributed by atoms with van der Waals surface area (Å²) in [5.74, 6) is -0.893. The van der Waals surface area contributed by atoms with Crippen LogP contribution < -0.4 is 5.32 Å². The number of aliphatic hydroxyl groups is 1. The number of nitrogens with one attached hydrogen (secondary N) is 1. The first-order valence-electron chi connectivity index (χ1n) is 4.48. The van der Waals surface area contributed by atoms with Gasteiger partial charge in [-0.1, -0.05) is 30.3 Å². The van der Waals surface area contributed by atoms with Gasteiger partial charge in [0, 0.05) is 0 Å². The molecule has 0 aromatic heterocycles. The minimum atomic E-state index is -2.32. The predicted molar refractivity (Wildman–Crippen MR) is 66.1 cm³/mol. The molecular formula is C10H10Br2FNO2. The van der Waals surface area contributed by atoms with E-state index in [0.29, 0.717) is 5.56 Å². The highest BCUT2D eigenvalue weighted by Gasteiger charge is 2.33. The molecule has 0 radical (unpaired) electrons. The third-order valence-electron chi connectivity index (χ3n) is 1.95. The zero-order valence-electron chi connectivity index (χ0n) is 8.16. The summed E-state index contributed by atoms with van der Waals surface area (Å²) in [4.78, 5) is 11.3. The van der Waals surface area contributed by atoms with Crippen LogP contribution in [0.1, 0.15) is 11.6 Å². The van der Waals surface area contributed by atoms with Crippen molar-refractivity contribution in [1.29, 1.82) is 0 Å². The van der Waals surface area contributed by atoms with Crippen LogP contribution in [0.15, 0.2) is 30.3 Å². The van der Waals surface area contributed by atoms with Crippen molar-refractivity contribution in [3.8, 4) is 0 Å². The molecule has 88 valence electrons. The summed E-state index contributed by atoms with van der Waals surface area (Å²) >= 11 is 5.06. The fourth-order valence-electron chi connectivity index (χ4n) is 1.16. The maximum absolute atomic E-state index is 13.1. The van der Waals surface area contributed by atoms with Gasteiger partial charge in [-0.2, -0.15) is 0 Å². The number of carbonyl (C=O) groups is 1. The van der Waals surface area contributed by atoms with Crippen molar-refractivity contribution in [3.05, 3.63) is 35.9 Å². The van der Waals surface area contributed by atoms with Crippen LogP contribution in [-0.2, 0) is 4.79 Å². The molecule has 0 saturated carbocycles. The molecule has 0 aliphatic rings. The average Bonchev–Trinajstić information content (AvgIpc) is 2.25. The number of hydrogen-bond donors (Lipinski definition) is 2. The number of halogens is 3. The molecular weight excluding hydrogens is 345 g/mol. The summed E-state index contributed by atoms with van der Waals surface area (Å²) in [5, 5.41) is 11.5. The van der Waals surface area contributed by atoms with Gasteiger partial charge in [0.1, 0.15) is 0 Å². The quantitative estimate of drug-likeness (QED) is 0.815. The Morgan fingerprint density at radius 1 is 1.44 bits per heavy atom. The van der Waals surface area contributed by atoms with Crippen LogP contribution in [0, 0.1) is 0 Å². The molecule has 0 aliphatic heterocycles. The molecule has 1 aromatic carbocycles. The van der Waals surface area contributed by atoms with E-state index in [1.165, 1.54) is 0 Å². The second-order valence-electron chi connectivity index (χ2n) is 3.12. The van der Waals surface area contributed by atoms with Crippen molar-refractivity contribution in [2.24, 2.45) is 0 Å². The summed E-state index contributed by atoms with van der Waals surface area (Å²) in [5.41, 5.74) is 0.711. The Morgan fingerprint density at radius 3 is 2.44 bits per heavy atom. The lowest BCUT2D eigenvalue weighted by Crippen LogP contribution is -2.38. The molecule has 0 bridgehead atoms. The molecule has 0 spiro atoms. The van der Waals surface area contributed by atoms with Crippen LogP contribution in [0.5, 0.6) is 0 Å². The zero-order valence-corrected chi connectivity index (χ0v) is 11.3. The van der Waals surface area contributed by atoms with Gasteiger partial charge in [-0.3, -0.25) is 4.79 Å². The van der Waals surface area contributed by atoms with Gasteiger partial charge in [0.05, 0.1) is 12.6 Å². The highest BCUT2D eigenvalue weighted by Crippen LogP contribution is 2.28. The van der Waals surface area contributed by atoms with Gasteiger partial charge in [-0.25, -0.2) is 4.39 Å². The molecule has 2 N–H and O–H groups in total. The summed E-state index contributed by atoms with van der Waals surface area (Å²) in [6.07, 6.45) is 0. The van der Waals surface area contributed by atoms with Gasteiger partial charge >= 0.3 is 0 Å². The Hall–Kier alpha value is -0.460. The molecule has 3 nitrogen and oxygen atoms in total. The Balaban J connectivity index is 2.75. The smallest absolute Gasteiger partial charge is 0.295 e. The van der Waals surface area contributed by atoms with E-state index < -0.39 is 15.4 Å². The number of carbonyl (C=O) groups excluding carboxylic acids is 1. The monoisotopic (exact) mass is 353 g/mol. The summed E-state index contributed by atoms with van der Waals surface area (Å²) in [6, 6.07) is 8.21. The SMILES string of the molecule is O=C(NC(CO)c1ccccc1)C(F)(Br)Br. The third-order valence-corrected chi connectivity index (χ3v) is 2.67. The van der Waals surface area contributed by atoms with Crippen LogP contribution in [0.3, 0.4) is 0 Å². The number of rotatable bonds is 4. The summed E-state index contributed by atoms with van der Waals surface area (Å²) in [6.45, 7) is -0.300. The fraction of sp³-hybridized carbons (Fsp3) is 0.300. The Morgan fingerprint density at radius 2 is 2.00 bits per heavy atom. The van der Waals surface area contributed by atoms with Crippen molar-refractivity contribution in [2.45, 2.75) is 9.53 Å². The van der Waals surface area contributed by atoms with Gasteiger partial charge in [0.25, 0.3) is 9.39 Å². The second kappa shape index (κ2) is 5.75. The van der Waals surface area contributed by atoms with E-state index >= 15 is 0 Å². The van der Waals surface area contributed by atoms with E-state index in [1.54, 1.807) is 24.3 Å². The van der Waals surface area contributed by atoms with E-state index in [0.717, 1.165) is 0 Å². The van der Waals surface area contributed by atoms with Gasteiger partial charge in [-0.15, -0.1) is 0 Å². The lowest BCUT2D eigenvalue weighted by Gasteiger charge is -2.19. The van der Waals surface area contributed by atoms with Gasteiger partial charge < -0.3 is 10.4 Å². The van der Waals surface area contributed by atoms with Crippen LogP contribution in [0.4, 0.5) is 4.39 Å². The number of amides is 1. The third kappa shape index (κ3) is 3.84. The molecule has 6 heteroatoms. The first-order chi connectivity index (χ1) is 7.45. The minimum absolute atomic E-state index is 0.300. The minimum Gasteiger partial charge on any atom is -0.394 e. The van der Waals surface area contributed by atoms with Crippen LogP contribution in [0.2, 0.25) is 0 Å². The van der Waals surface area contributed by atoms with Gasteiger partial charge in [0.15, 0.2) is 0 Å². The summed E-state index contributed by atoms with van der Waals surface area (Å²) in [7, 11) is 0. The molecule has 1 atom stereocenters. The molecule has 1 rings (SSSR count). The van der Waals surface area contributed by atoms with Crippen LogP contribution in [-0.4, -0.2) is 21.1 Å². The predicted octanol–water partition coefficient (Wildman–Crippen LogP) is 2.25. The fourth-order valence-corrected chi connectivity index (χ4v) is 1.39. The molecule has 1 unspecified atom stereocenters. The van der Waals surface area contributed by atoms with E-state index in [9.17, 15) is 9.18 Å². The van der Waals surface area contributed by atoms with Crippen molar-refractivity contribution in [1.82, 2.24) is 5.32 Å².